The fourth-order valence-electron chi connectivity index (χ4n) is 3.08. The molecule has 0 radical (unpaired) electrons. The van der Waals surface area contributed by atoms with Crippen molar-refractivity contribution in [1.29, 1.82) is 0 Å². The van der Waals surface area contributed by atoms with Gasteiger partial charge in [-0.3, -0.25) is 9.79 Å². The van der Waals surface area contributed by atoms with Crippen LogP contribution in [0.3, 0.4) is 0 Å². The van der Waals surface area contributed by atoms with Crippen LogP contribution in [0, 0.1) is 0 Å². The summed E-state index contributed by atoms with van der Waals surface area (Å²) in [4.78, 5) is 20.1. The van der Waals surface area contributed by atoms with Crippen molar-refractivity contribution in [1.82, 2.24) is 4.98 Å². The van der Waals surface area contributed by atoms with E-state index >= 15 is 0 Å². The van der Waals surface area contributed by atoms with Crippen LogP contribution >= 0.6 is 0 Å². The van der Waals surface area contributed by atoms with Crippen molar-refractivity contribution < 1.29 is 9.53 Å². The predicted octanol–water partition coefficient (Wildman–Crippen LogP) is 3.18. The molecule has 1 aliphatic rings. The van der Waals surface area contributed by atoms with Gasteiger partial charge in [0.15, 0.2) is 0 Å². The average Bonchev–Trinajstić information content (AvgIpc) is 2.77. The van der Waals surface area contributed by atoms with Gasteiger partial charge in [-0.15, -0.1) is 0 Å². The molecule has 0 saturated heterocycles. The summed E-state index contributed by atoms with van der Waals surface area (Å²) in [5.74, 6) is -0.694. The number of hydrogen-bond acceptors (Lipinski definition) is 3. The molecule has 1 aromatic carbocycles. The number of carbonyl (C=O) groups excluding carboxylic acids is 1. The number of aromatic amines is 1. The summed E-state index contributed by atoms with van der Waals surface area (Å²) in [6.45, 7) is 7.19. The van der Waals surface area contributed by atoms with Crippen LogP contribution in [0.5, 0.6) is 0 Å². The van der Waals surface area contributed by atoms with Crippen molar-refractivity contribution in [2.75, 3.05) is 13.2 Å². The molecule has 0 spiro atoms. The maximum Gasteiger partial charge on any atom is 0.320 e. The van der Waals surface area contributed by atoms with Crippen LogP contribution in [0.25, 0.3) is 10.9 Å². The summed E-state index contributed by atoms with van der Waals surface area (Å²) >= 11 is 0. The minimum Gasteiger partial charge on any atom is -0.465 e. The van der Waals surface area contributed by atoms with E-state index in [4.69, 9.17) is 4.74 Å². The molecule has 2 heterocycles. The van der Waals surface area contributed by atoms with Gasteiger partial charge in [0.2, 0.25) is 0 Å². The van der Waals surface area contributed by atoms with Crippen LogP contribution in [0.1, 0.15) is 37.9 Å². The van der Waals surface area contributed by atoms with E-state index in [0.717, 1.165) is 16.6 Å². The number of rotatable bonds is 2. The van der Waals surface area contributed by atoms with Crippen LogP contribution in [0.4, 0.5) is 0 Å². The van der Waals surface area contributed by atoms with Gasteiger partial charge in [-0.05, 0) is 18.6 Å². The first-order chi connectivity index (χ1) is 10.0. The number of H-pyrrole nitrogens is 1. The molecular formula is C17H20N2O2. The summed E-state index contributed by atoms with van der Waals surface area (Å²) in [5, 5.41) is 1.16. The number of carbonyl (C=O) groups is 1. The first kappa shape index (κ1) is 13.9. The molecule has 0 fully saturated rings. The number of hydrogen-bond donors (Lipinski definition) is 1. The van der Waals surface area contributed by atoms with E-state index in [1.807, 2.05) is 25.1 Å². The highest BCUT2D eigenvalue weighted by Crippen LogP contribution is 2.38. The maximum atomic E-state index is 12.3. The average molecular weight is 284 g/mol. The number of fused-ring (bicyclic) bond motifs is 3. The van der Waals surface area contributed by atoms with Gasteiger partial charge in [0.25, 0.3) is 0 Å². The summed E-state index contributed by atoms with van der Waals surface area (Å²) < 4.78 is 5.21. The molecule has 4 nitrogen and oxygen atoms in total. The lowest BCUT2D eigenvalue weighted by Gasteiger charge is -2.23. The highest BCUT2D eigenvalue weighted by atomic mass is 16.5. The van der Waals surface area contributed by atoms with Gasteiger partial charge < -0.3 is 9.72 Å². The minimum absolute atomic E-state index is 0.118. The molecule has 4 heteroatoms. The maximum absolute atomic E-state index is 12.3. The lowest BCUT2D eigenvalue weighted by molar-refractivity contribution is -0.143. The fraction of sp³-hybridized carbons (Fsp3) is 0.412. The van der Waals surface area contributed by atoms with Gasteiger partial charge in [0.05, 0.1) is 6.61 Å². The Morgan fingerprint density at radius 2 is 2.19 bits per heavy atom. The molecule has 2 aromatic rings. The second kappa shape index (κ2) is 5.02. The third-order valence-corrected chi connectivity index (χ3v) is 4.00. The largest absolute Gasteiger partial charge is 0.465 e. The zero-order chi connectivity index (χ0) is 15.0. The van der Waals surface area contributed by atoms with Crippen LogP contribution in [-0.4, -0.2) is 30.3 Å². The number of aromatic nitrogens is 1. The van der Waals surface area contributed by atoms with E-state index in [9.17, 15) is 4.79 Å². The van der Waals surface area contributed by atoms with E-state index in [1.54, 1.807) is 6.21 Å². The Kier molecular flexibility index (Phi) is 3.32. The summed E-state index contributed by atoms with van der Waals surface area (Å²) in [5.41, 5.74) is 3.03. The van der Waals surface area contributed by atoms with Crippen molar-refractivity contribution in [2.45, 2.75) is 32.1 Å². The number of nitrogens with zero attached hydrogens (tertiary/aromatic N) is 1. The molecular weight excluding hydrogens is 264 g/mol. The number of benzene rings is 1. The van der Waals surface area contributed by atoms with Crippen LogP contribution in [0.2, 0.25) is 0 Å². The fourth-order valence-corrected chi connectivity index (χ4v) is 3.08. The normalized spacial score (nSPS) is 20.0. The highest BCUT2D eigenvalue weighted by molar-refractivity contribution is 5.99. The van der Waals surface area contributed by atoms with E-state index < -0.39 is 5.92 Å². The van der Waals surface area contributed by atoms with Crippen molar-refractivity contribution >= 4 is 23.1 Å². The van der Waals surface area contributed by atoms with E-state index in [0.29, 0.717) is 13.2 Å². The van der Waals surface area contributed by atoms with Crippen LogP contribution in [0.15, 0.2) is 29.3 Å². The smallest absolute Gasteiger partial charge is 0.320 e. The topological polar surface area (TPSA) is 54.4 Å². The molecule has 0 saturated carbocycles. The number of aliphatic imine (C=N–C) groups is 1. The lowest BCUT2D eigenvalue weighted by Crippen LogP contribution is -2.23. The predicted molar refractivity (Wildman–Crippen MR) is 84.1 cm³/mol. The number of ether oxygens (including phenoxy) is 1. The summed E-state index contributed by atoms with van der Waals surface area (Å²) in [7, 11) is 0. The van der Waals surface area contributed by atoms with Gasteiger partial charge in [0, 0.05) is 34.8 Å². The number of esters is 1. The zero-order valence-electron chi connectivity index (χ0n) is 12.6. The van der Waals surface area contributed by atoms with Gasteiger partial charge in [-0.1, -0.05) is 32.0 Å². The molecule has 1 unspecified atom stereocenters. The lowest BCUT2D eigenvalue weighted by atomic mass is 9.81. The first-order valence-corrected chi connectivity index (χ1v) is 7.32. The summed E-state index contributed by atoms with van der Waals surface area (Å²) in [6, 6.07) is 8.16. The van der Waals surface area contributed by atoms with Crippen LogP contribution < -0.4 is 0 Å². The van der Waals surface area contributed by atoms with E-state index in [1.165, 1.54) is 5.56 Å². The van der Waals surface area contributed by atoms with Gasteiger partial charge in [0.1, 0.15) is 5.92 Å². The first-order valence-electron chi connectivity index (χ1n) is 7.32. The monoisotopic (exact) mass is 284 g/mol. The molecule has 1 aliphatic heterocycles. The van der Waals surface area contributed by atoms with Crippen LogP contribution in [-0.2, 0) is 14.9 Å². The van der Waals surface area contributed by atoms with Crippen molar-refractivity contribution in [3.8, 4) is 0 Å². The van der Waals surface area contributed by atoms with Gasteiger partial charge in [-0.2, -0.15) is 0 Å². The molecule has 0 bridgehead atoms. The molecule has 1 N–H and O–H groups in total. The molecule has 1 aromatic heterocycles. The van der Waals surface area contributed by atoms with Crippen molar-refractivity contribution in [3.63, 3.8) is 0 Å². The van der Waals surface area contributed by atoms with Gasteiger partial charge in [-0.25, -0.2) is 0 Å². The standard InChI is InChI=1S/C17H20N2O2/c1-4-21-16(20)12-9-18-10-17(2,3)14-11-7-5-6-8-13(11)19-15(12)14/h5-9,12,19H,4,10H2,1-3H3. The van der Waals surface area contributed by atoms with Gasteiger partial charge >= 0.3 is 5.97 Å². The third-order valence-electron chi connectivity index (χ3n) is 4.00. The molecule has 0 amide bonds. The minimum atomic E-state index is -0.450. The second-order valence-electron chi connectivity index (χ2n) is 6.06. The molecule has 0 aliphatic carbocycles. The van der Waals surface area contributed by atoms with E-state index in [2.05, 4.69) is 29.9 Å². The van der Waals surface area contributed by atoms with Crippen molar-refractivity contribution in [3.05, 3.63) is 35.5 Å². The number of nitrogens with one attached hydrogen (secondary N) is 1. The Labute approximate surface area is 124 Å². The zero-order valence-corrected chi connectivity index (χ0v) is 12.6. The Bertz CT molecular complexity index is 713. The molecule has 21 heavy (non-hydrogen) atoms. The Hall–Kier alpha value is -2.10. The Balaban J connectivity index is 2.23. The second-order valence-corrected chi connectivity index (χ2v) is 6.06. The Morgan fingerprint density at radius 3 is 2.95 bits per heavy atom. The summed E-state index contributed by atoms with van der Waals surface area (Å²) in [6.07, 6.45) is 1.72. The molecule has 3 rings (SSSR count). The highest BCUT2D eigenvalue weighted by Gasteiger charge is 2.35. The Morgan fingerprint density at radius 1 is 1.43 bits per heavy atom. The van der Waals surface area contributed by atoms with E-state index in [-0.39, 0.29) is 11.4 Å². The molecule has 110 valence electrons. The molecule has 1 atom stereocenters. The van der Waals surface area contributed by atoms with Crippen molar-refractivity contribution in [2.24, 2.45) is 4.99 Å². The quantitative estimate of drug-likeness (QED) is 0.861. The number of para-hydroxylation sites is 1. The third kappa shape index (κ3) is 2.24. The SMILES string of the molecule is CCOC(=O)C1C=NCC(C)(C)c2c1[nH]c1ccccc21.